The van der Waals surface area contributed by atoms with Crippen molar-refractivity contribution >= 4 is 75.2 Å². The van der Waals surface area contributed by atoms with Crippen molar-refractivity contribution in [2.24, 2.45) is 0 Å². The van der Waals surface area contributed by atoms with Crippen molar-refractivity contribution in [1.29, 1.82) is 0 Å². The van der Waals surface area contributed by atoms with Crippen molar-refractivity contribution in [1.82, 2.24) is 85.2 Å². The van der Waals surface area contributed by atoms with Crippen LogP contribution >= 0.6 is 22.6 Å². The minimum Gasteiger partial charge on any atom is -1.00 e. The van der Waals surface area contributed by atoms with Crippen LogP contribution in [0.1, 0.15) is 80.0 Å². The number of amides is 1. The molecule has 0 aliphatic carbocycles. The van der Waals surface area contributed by atoms with E-state index in [1.807, 2.05) is 28.9 Å². The molecule has 27 heteroatoms. The van der Waals surface area contributed by atoms with Crippen molar-refractivity contribution in [2.75, 3.05) is 40.5 Å². The van der Waals surface area contributed by atoms with Gasteiger partial charge in [-0.3, -0.25) is 34.7 Å². The van der Waals surface area contributed by atoms with E-state index in [1.165, 1.54) is 25.3 Å². The van der Waals surface area contributed by atoms with Crippen LogP contribution < -0.4 is 77.7 Å². The van der Waals surface area contributed by atoms with Crippen LogP contribution in [0.15, 0.2) is 149 Å². The quantitative estimate of drug-likeness (QED) is 0.0189. The molecule has 0 unspecified atom stereocenters. The first-order valence-corrected chi connectivity index (χ1v) is 24.3. The number of aromatic nitrogens is 16. The van der Waals surface area contributed by atoms with Crippen molar-refractivity contribution in [3.05, 3.63) is 152 Å². The number of ether oxygens (including phenoxy) is 1. The largest absolute Gasteiger partial charge is 1.00 e. The van der Waals surface area contributed by atoms with Gasteiger partial charge in [0.2, 0.25) is 5.91 Å². The molecule has 76 heavy (non-hydrogen) atoms. The van der Waals surface area contributed by atoms with Gasteiger partial charge in [-0.05, 0) is 79.5 Å². The molecule has 8 rings (SSSR count). The first kappa shape index (κ1) is 65.2. The topological polar surface area (TPSA) is 326 Å². The predicted molar refractivity (Wildman–Crippen MR) is 291 cm³/mol. The van der Waals surface area contributed by atoms with E-state index in [0.29, 0.717) is 36.9 Å². The molecule has 396 valence electrons. The molecule has 0 fully saturated rings. The zero-order chi connectivity index (χ0) is 52.5. The van der Waals surface area contributed by atoms with Crippen molar-refractivity contribution in [2.45, 2.75) is 78.6 Å². The van der Waals surface area contributed by atoms with Crippen molar-refractivity contribution in [3.8, 4) is 0 Å². The Bertz CT molecular complexity index is 2480. The number of carbonyl (C=O) groups is 2. The smallest absolute Gasteiger partial charge is 1.00 e. The van der Waals surface area contributed by atoms with Crippen LogP contribution in [0.2, 0.25) is 0 Å². The Morgan fingerprint density at radius 2 is 1.03 bits per heavy atom. The average molecular weight is 1180 g/mol. The van der Waals surface area contributed by atoms with Gasteiger partial charge in [0.1, 0.15) is 58.1 Å². The zero-order valence-corrected chi connectivity index (χ0v) is 47.0. The summed E-state index contributed by atoms with van der Waals surface area (Å²) in [5.74, 6) is 4.52. The van der Waals surface area contributed by atoms with E-state index in [-0.39, 0.29) is 72.1 Å². The molecule has 0 saturated carbocycles. The maximum absolute atomic E-state index is 11.3. The molecule has 0 spiro atoms. The summed E-state index contributed by atoms with van der Waals surface area (Å²) in [7, 11) is 0. The molecule has 0 atom stereocenters. The molecule has 1 amide bonds. The predicted octanol–water partition coefficient (Wildman–Crippen LogP) is 4.68. The van der Waals surface area contributed by atoms with Gasteiger partial charge < -0.3 is 27.0 Å². The van der Waals surface area contributed by atoms with E-state index < -0.39 is 0 Å². The van der Waals surface area contributed by atoms with Crippen molar-refractivity contribution in [3.63, 3.8) is 0 Å². The maximum atomic E-state index is 11.3. The van der Waals surface area contributed by atoms with Gasteiger partial charge in [0.05, 0.1) is 31.4 Å². The maximum Gasteiger partial charge on any atom is 1.00 e. The van der Waals surface area contributed by atoms with Gasteiger partial charge in [0.15, 0.2) is 11.6 Å². The van der Waals surface area contributed by atoms with Crippen LogP contribution in [-0.2, 0) is 14.3 Å². The number of esters is 1. The van der Waals surface area contributed by atoms with Gasteiger partial charge in [0.25, 0.3) is 0 Å². The van der Waals surface area contributed by atoms with E-state index in [0.717, 1.165) is 91.4 Å². The number of nitrogens with two attached hydrogens (primary N) is 1. The summed E-state index contributed by atoms with van der Waals surface area (Å²) in [6.07, 6.45) is 40.8. The summed E-state index contributed by atoms with van der Waals surface area (Å²) in [4.78, 5) is 90.4. The first-order chi connectivity index (χ1) is 36.4. The van der Waals surface area contributed by atoms with Crippen LogP contribution in [0.4, 0.5) is 40.7 Å². The Kier molecular flexibility index (Phi) is 36.3. The minimum atomic E-state index is -0.341. The molecule has 0 bridgehead atoms. The third-order valence-electron chi connectivity index (χ3n) is 9.35. The van der Waals surface area contributed by atoms with E-state index in [4.69, 9.17) is 15.7 Å². The number of carbonyl (C=O) groups excluding carboxylic acids is 2. The number of rotatable bonds is 21. The van der Waals surface area contributed by atoms with E-state index in [2.05, 4.69) is 108 Å². The number of anilines is 7. The van der Waals surface area contributed by atoms with Crippen LogP contribution in [0.25, 0.3) is 0 Å². The number of halogens is 1. The molecule has 8 aromatic rings. The standard InChI is InChI=1S/C17H23N5O2.C15H20N6O2.C8H7N5.C4H3IN2.C4H5N3.CH4.K.H/c1-2-24-17(23)7-5-3-4-6-12-22(15-8-9-19-14-21-15)16-13-18-10-11-20-16;22-15(20-23)5-3-1-2-4-10-21(13-6-7-17-12-19-13)14-11-16-8-9-18-14;1-2-10-6-12-7(1)13-8-5-9-3-4-11-8;5-4-3-6-1-2-7-4;5-4-1-2-6-3-7-4;;;/h8-11,13-14H,2-7,12H2,1H3;6-9,11-12,23H,1-5,10H2,(H,20,22);1-6H,(H,10,11,12,13);1-3H;1-3H,(H2,5,6,7);1H4;;/q;;;;;;+1;-1. The summed E-state index contributed by atoms with van der Waals surface area (Å²) in [5.41, 5.74) is 6.85. The second-order valence-electron chi connectivity index (χ2n) is 14.7. The fourth-order valence-electron chi connectivity index (χ4n) is 5.97. The molecule has 0 saturated heterocycles. The summed E-state index contributed by atoms with van der Waals surface area (Å²) in [6.45, 7) is 3.81. The number of nitrogen functional groups attached to an aromatic ring is 1. The van der Waals surface area contributed by atoms with Crippen LogP contribution in [0.5, 0.6) is 0 Å². The Labute approximate surface area is 499 Å². The number of hydrogen-bond acceptors (Lipinski definition) is 24. The molecule has 8 aromatic heterocycles. The van der Waals surface area contributed by atoms with Gasteiger partial charge in [-0.1, -0.05) is 33.1 Å². The fraction of sp³-hybridized carbons (Fsp3) is 0.306. The summed E-state index contributed by atoms with van der Waals surface area (Å²) in [6, 6.07) is 7.09. The molecule has 25 nitrogen and oxygen atoms in total. The number of unbranched alkanes of at least 4 members (excludes halogenated alkanes) is 6. The molecule has 8 heterocycles. The van der Waals surface area contributed by atoms with E-state index in [9.17, 15) is 9.59 Å². The normalized spacial score (nSPS) is 9.62. The number of hydrogen-bond donors (Lipinski definition) is 4. The monoisotopic (exact) mass is 1180 g/mol. The van der Waals surface area contributed by atoms with E-state index >= 15 is 0 Å². The molecule has 0 radical (unpaired) electrons. The van der Waals surface area contributed by atoms with Gasteiger partial charge in [0, 0.05) is 100 Å². The second kappa shape index (κ2) is 42.3. The number of hydroxylamine groups is 1. The molecule has 0 aromatic carbocycles. The van der Waals surface area contributed by atoms with Gasteiger partial charge in [-0.15, -0.1) is 0 Å². The fourth-order valence-corrected chi connectivity index (χ4v) is 6.29. The summed E-state index contributed by atoms with van der Waals surface area (Å²) >= 11 is 2.11. The third kappa shape index (κ3) is 29.3. The summed E-state index contributed by atoms with van der Waals surface area (Å²) < 4.78 is 5.86. The second-order valence-corrected chi connectivity index (χ2v) is 15.8. The molecule has 0 aliphatic heterocycles. The van der Waals surface area contributed by atoms with E-state index in [1.54, 1.807) is 117 Å². The Hall–Kier alpha value is -6.89. The van der Waals surface area contributed by atoms with Gasteiger partial charge in [-0.25, -0.2) is 65.3 Å². The molecule has 0 aliphatic rings. The number of nitrogens with one attached hydrogen (secondary N) is 2. The van der Waals surface area contributed by atoms with Crippen molar-refractivity contribution < 1.29 is 72.3 Å². The zero-order valence-electron chi connectivity index (χ0n) is 42.7. The number of nitrogens with zero attached hydrogens (tertiary/aromatic N) is 18. The third-order valence-corrected chi connectivity index (χ3v) is 9.91. The Morgan fingerprint density at radius 3 is 1.41 bits per heavy atom. The molecular weight excluding hydrogens is 1110 g/mol. The van der Waals surface area contributed by atoms with Crippen LogP contribution in [-0.4, -0.2) is 117 Å². The first-order valence-electron chi connectivity index (χ1n) is 23.3. The van der Waals surface area contributed by atoms with Gasteiger partial charge in [-0.2, -0.15) is 0 Å². The SMILES string of the molecule is C.CCOC(=O)CCCCCCN(c1ccncn1)c1cnccn1.Ic1cnccn1.Nc1ccncn1.O=C(CCCCCCN(c1ccncn1)c1cnccn1)NO.[H-].[K+].c1cc(Nc2cnccn2)ncn1. The van der Waals surface area contributed by atoms with Crippen LogP contribution in [0, 0.1) is 3.70 Å². The average Bonchev–Trinajstić information content (AvgIpc) is 3.45. The minimum absolute atomic E-state index is 0. The van der Waals surface area contributed by atoms with Gasteiger partial charge >= 0.3 is 57.4 Å². The Morgan fingerprint density at radius 1 is 0.539 bits per heavy atom. The Balaban J connectivity index is 0.000000514. The molecule has 5 N–H and O–H groups in total. The summed E-state index contributed by atoms with van der Waals surface area (Å²) in [5, 5.41) is 11.4. The molecular formula is C49H63IKN21O4. The van der Waals surface area contributed by atoms with Crippen LogP contribution in [0.3, 0.4) is 0 Å².